The lowest BCUT2D eigenvalue weighted by molar-refractivity contribution is 0.175. The predicted octanol–water partition coefficient (Wildman–Crippen LogP) is 3.54. The summed E-state index contributed by atoms with van der Waals surface area (Å²) in [6.07, 6.45) is 0.798. The van der Waals surface area contributed by atoms with Crippen molar-refractivity contribution in [3.05, 3.63) is 59.7 Å². The maximum atomic E-state index is 13.6. The molecule has 122 valence electrons. The number of aliphatic hydroxyl groups excluding tert-OH is 1. The number of carbonyl (C=O) groups is 1. The van der Waals surface area contributed by atoms with Gasteiger partial charge in [-0.15, -0.1) is 11.8 Å². The minimum atomic E-state index is -0.961. The summed E-state index contributed by atoms with van der Waals surface area (Å²) >= 11 is 1.27. The number of aliphatic hydroxyl groups is 1. The van der Waals surface area contributed by atoms with Crippen LogP contribution in [-0.2, 0) is 0 Å². The Balaban J connectivity index is 1.87. The number of carbonyl (C=O) groups excluding carboxylic acids is 1. The van der Waals surface area contributed by atoms with Crippen LogP contribution in [0.3, 0.4) is 0 Å². The zero-order chi connectivity index (χ0) is 16.8. The van der Waals surface area contributed by atoms with Crippen LogP contribution in [0.1, 0.15) is 11.7 Å². The van der Waals surface area contributed by atoms with Crippen molar-refractivity contribution in [1.29, 1.82) is 0 Å². The third-order valence-corrected chi connectivity index (χ3v) is 3.89. The molecule has 2 aromatic rings. The minimum Gasteiger partial charge on any atom is -0.387 e. The van der Waals surface area contributed by atoms with Crippen molar-refractivity contribution in [2.75, 3.05) is 18.1 Å². The second-order valence-electron chi connectivity index (χ2n) is 4.75. The summed E-state index contributed by atoms with van der Waals surface area (Å²) in [5, 5.41) is 14.9. The van der Waals surface area contributed by atoms with Gasteiger partial charge < -0.3 is 15.7 Å². The van der Waals surface area contributed by atoms with Crippen LogP contribution in [0, 0.1) is 11.6 Å². The van der Waals surface area contributed by atoms with E-state index in [2.05, 4.69) is 10.6 Å². The number of hydrogen-bond donors (Lipinski definition) is 3. The molecule has 0 heterocycles. The first-order chi connectivity index (χ1) is 11.0. The van der Waals surface area contributed by atoms with Gasteiger partial charge in [-0.2, -0.15) is 0 Å². The summed E-state index contributed by atoms with van der Waals surface area (Å²) in [5.74, 6) is -0.816. The van der Waals surface area contributed by atoms with E-state index < -0.39 is 23.8 Å². The molecule has 3 N–H and O–H groups in total. The van der Waals surface area contributed by atoms with E-state index in [0.717, 1.165) is 0 Å². The Morgan fingerprint density at radius 1 is 1.22 bits per heavy atom. The molecule has 0 aliphatic heterocycles. The number of thioether (sulfide) groups is 1. The molecule has 0 radical (unpaired) electrons. The highest BCUT2D eigenvalue weighted by Gasteiger charge is 2.10. The van der Waals surface area contributed by atoms with Gasteiger partial charge in [0, 0.05) is 17.1 Å². The van der Waals surface area contributed by atoms with Gasteiger partial charge in [0.15, 0.2) is 0 Å². The summed E-state index contributed by atoms with van der Waals surface area (Å²) in [5.41, 5.74) is 0.802. The largest absolute Gasteiger partial charge is 0.387 e. The Morgan fingerprint density at radius 2 is 1.91 bits per heavy atom. The monoisotopic (exact) mass is 338 g/mol. The van der Waals surface area contributed by atoms with Gasteiger partial charge in [0.1, 0.15) is 11.6 Å². The van der Waals surface area contributed by atoms with Gasteiger partial charge in [-0.25, -0.2) is 13.6 Å². The van der Waals surface area contributed by atoms with Gasteiger partial charge in [-0.3, -0.25) is 0 Å². The molecule has 0 aromatic heterocycles. The topological polar surface area (TPSA) is 61.4 Å². The second-order valence-corrected chi connectivity index (χ2v) is 5.60. The first-order valence-corrected chi connectivity index (χ1v) is 8.04. The van der Waals surface area contributed by atoms with Crippen LogP contribution < -0.4 is 10.6 Å². The highest BCUT2D eigenvalue weighted by molar-refractivity contribution is 7.98. The molecule has 1 atom stereocenters. The van der Waals surface area contributed by atoms with E-state index in [9.17, 15) is 18.7 Å². The van der Waals surface area contributed by atoms with Crippen LogP contribution >= 0.6 is 11.8 Å². The fourth-order valence-electron chi connectivity index (χ4n) is 1.91. The molecular formula is C16H16F2N2O2S. The van der Waals surface area contributed by atoms with Crippen molar-refractivity contribution in [3.8, 4) is 0 Å². The lowest BCUT2D eigenvalue weighted by atomic mass is 10.1. The van der Waals surface area contributed by atoms with E-state index in [4.69, 9.17) is 0 Å². The molecule has 0 saturated carbocycles. The zero-order valence-electron chi connectivity index (χ0n) is 12.3. The van der Waals surface area contributed by atoms with Crippen LogP contribution in [0.5, 0.6) is 0 Å². The summed E-state index contributed by atoms with van der Waals surface area (Å²) in [6, 6.07) is 9.16. The zero-order valence-corrected chi connectivity index (χ0v) is 13.2. The summed E-state index contributed by atoms with van der Waals surface area (Å²) in [4.78, 5) is 12.2. The number of benzene rings is 2. The molecule has 7 heteroatoms. The van der Waals surface area contributed by atoms with Crippen LogP contribution in [0.4, 0.5) is 19.3 Å². The van der Waals surface area contributed by atoms with Gasteiger partial charge in [-0.05, 0) is 42.2 Å². The average molecular weight is 338 g/mol. The molecule has 0 bridgehead atoms. The van der Waals surface area contributed by atoms with E-state index in [1.54, 1.807) is 18.4 Å². The molecule has 0 spiro atoms. The van der Waals surface area contributed by atoms with Crippen molar-refractivity contribution in [1.82, 2.24) is 5.32 Å². The van der Waals surface area contributed by atoms with E-state index in [-0.39, 0.29) is 6.54 Å². The molecule has 2 aromatic carbocycles. The van der Waals surface area contributed by atoms with Crippen LogP contribution in [0.15, 0.2) is 47.4 Å². The standard InChI is InChI=1S/C16H16F2N2O2S/c1-23-15-7-6-12(8-13(15)18)20-16(22)19-9-14(21)10-2-4-11(17)5-3-10/h2-8,14,21H,9H2,1H3,(H2,19,20,22). The van der Waals surface area contributed by atoms with Gasteiger partial charge in [0.25, 0.3) is 0 Å². The van der Waals surface area contributed by atoms with Gasteiger partial charge >= 0.3 is 6.03 Å². The molecule has 23 heavy (non-hydrogen) atoms. The Morgan fingerprint density at radius 3 is 2.52 bits per heavy atom. The molecule has 2 amide bonds. The fraction of sp³-hybridized carbons (Fsp3) is 0.188. The van der Waals surface area contributed by atoms with Crippen molar-refractivity contribution in [2.45, 2.75) is 11.0 Å². The highest BCUT2D eigenvalue weighted by Crippen LogP contribution is 2.22. The summed E-state index contributed by atoms with van der Waals surface area (Å²) in [6.45, 7) is -0.0527. The molecule has 0 aliphatic rings. The highest BCUT2D eigenvalue weighted by atomic mass is 32.2. The Labute approximate surface area is 136 Å². The molecule has 0 fully saturated rings. The maximum Gasteiger partial charge on any atom is 0.319 e. The fourth-order valence-corrected chi connectivity index (χ4v) is 2.37. The first-order valence-electron chi connectivity index (χ1n) is 6.81. The van der Waals surface area contributed by atoms with Gasteiger partial charge in [0.2, 0.25) is 0 Å². The molecule has 4 nitrogen and oxygen atoms in total. The molecule has 0 aliphatic carbocycles. The quantitative estimate of drug-likeness (QED) is 0.731. The minimum absolute atomic E-state index is 0.0527. The Hall–Kier alpha value is -2.12. The summed E-state index contributed by atoms with van der Waals surface area (Å²) in [7, 11) is 0. The molecule has 1 unspecified atom stereocenters. The van der Waals surface area contributed by atoms with Crippen molar-refractivity contribution in [3.63, 3.8) is 0 Å². The lowest BCUT2D eigenvalue weighted by Crippen LogP contribution is -2.32. The molecule has 2 rings (SSSR count). The molecule has 0 saturated heterocycles. The summed E-state index contributed by atoms with van der Waals surface area (Å²) < 4.78 is 26.4. The Kier molecular flexibility index (Phi) is 5.95. The number of halogens is 2. The second kappa shape index (κ2) is 7.94. The number of nitrogens with one attached hydrogen (secondary N) is 2. The van der Waals surface area contributed by atoms with Gasteiger partial charge in [0.05, 0.1) is 6.10 Å². The lowest BCUT2D eigenvalue weighted by Gasteiger charge is -2.13. The molecular weight excluding hydrogens is 322 g/mol. The normalized spacial score (nSPS) is 11.8. The number of urea groups is 1. The van der Waals surface area contributed by atoms with E-state index >= 15 is 0 Å². The smallest absolute Gasteiger partial charge is 0.319 e. The number of amides is 2. The van der Waals surface area contributed by atoms with Crippen LogP contribution in [-0.4, -0.2) is 23.9 Å². The van der Waals surface area contributed by atoms with Crippen molar-refractivity contribution < 1.29 is 18.7 Å². The number of anilines is 1. The first kappa shape index (κ1) is 17.2. The number of hydrogen-bond acceptors (Lipinski definition) is 3. The SMILES string of the molecule is CSc1ccc(NC(=O)NCC(O)c2ccc(F)cc2)cc1F. The third-order valence-electron chi connectivity index (χ3n) is 3.12. The van der Waals surface area contributed by atoms with E-state index in [1.165, 1.54) is 42.1 Å². The predicted molar refractivity (Wildman–Crippen MR) is 86.6 cm³/mol. The van der Waals surface area contributed by atoms with E-state index in [0.29, 0.717) is 16.1 Å². The van der Waals surface area contributed by atoms with Gasteiger partial charge in [-0.1, -0.05) is 12.1 Å². The average Bonchev–Trinajstić information content (AvgIpc) is 2.53. The van der Waals surface area contributed by atoms with Crippen LogP contribution in [0.2, 0.25) is 0 Å². The van der Waals surface area contributed by atoms with Crippen molar-refractivity contribution >= 4 is 23.5 Å². The number of rotatable bonds is 5. The van der Waals surface area contributed by atoms with Crippen molar-refractivity contribution in [2.24, 2.45) is 0 Å². The van der Waals surface area contributed by atoms with Crippen LogP contribution in [0.25, 0.3) is 0 Å². The maximum absolute atomic E-state index is 13.6. The third kappa shape index (κ3) is 4.94. The van der Waals surface area contributed by atoms with E-state index in [1.807, 2.05) is 0 Å². The Bertz CT molecular complexity index is 680.